The van der Waals surface area contributed by atoms with Gasteiger partial charge in [-0.05, 0) is 30.5 Å². The highest BCUT2D eigenvalue weighted by molar-refractivity contribution is 7.98. The van der Waals surface area contributed by atoms with Gasteiger partial charge in [0, 0.05) is 54.4 Å². The van der Waals surface area contributed by atoms with E-state index in [0.29, 0.717) is 38.7 Å². The standard InChI is InChI=1S/C25H28FN7O3S/c1-35-24(34)19-4-3-18(9-21(19)26)32-13-25(12-27,14-32)33-11-17(10-30-33)22-20-5-6-31(16-36-7-8-37-2)23(20)29-15-28-22/h3-6,9-11,15H,7-8,12-14,16,27H2,1-2H3. The molecule has 4 aromatic rings. The second-order valence-corrected chi connectivity index (χ2v) is 9.87. The number of ether oxygens (including phenoxy) is 2. The molecule has 1 aliphatic rings. The minimum Gasteiger partial charge on any atom is -0.465 e. The number of nitrogens with two attached hydrogens (primary N) is 1. The van der Waals surface area contributed by atoms with Crippen LogP contribution in [0.1, 0.15) is 10.4 Å². The number of thioether (sulfide) groups is 1. The topological polar surface area (TPSA) is 113 Å². The fraction of sp³-hybridized carbons (Fsp3) is 0.360. The van der Waals surface area contributed by atoms with Crippen LogP contribution in [-0.2, 0) is 21.7 Å². The number of benzene rings is 1. The third-order valence-electron chi connectivity index (χ3n) is 6.63. The number of methoxy groups -OCH3 is 1. The summed E-state index contributed by atoms with van der Waals surface area (Å²) in [6.07, 6.45) is 9.26. The average molecular weight is 526 g/mol. The summed E-state index contributed by atoms with van der Waals surface area (Å²) in [6, 6.07) is 6.47. The molecule has 0 spiro atoms. The van der Waals surface area contributed by atoms with E-state index < -0.39 is 17.3 Å². The molecule has 0 radical (unpaired) electrons. The SMILES string of the molecule is COC(=O)c1ccc(N2CC(CN)(n3cc(-c4ncnc5c4ccn5COCCSC)cn3)C2)cc1F. The van der Waals surface area contributed by atoms with Gasteiger partial charge in [-0.2, -0.15) is 16.9 Å². The summed E-state index contributed by atoms with van der Waals surface area (Å²) in [5.74, 6) is -0.386. The van der Waals surface area contributed by atoms with Crippen LogP contribution in [0.15, 0.2) is 49.2 Å². The Labute approximate surface area is 217 Å². The van der Waals surface area contributed by atoms with Crippen molar-refractivity contribution in [3.05, 3.63) is 60.6 Å². The fourth-order valence-electron chi connectivity index (χ4n) is 4.54. The summed E-state index contributed by atoms with van der Waals surface area (Å²) in [6.45, 7) is 2.55. The Morgan fingerprint density at radius 3 is 2.84 bits per heavy atom. The van der Waals surface area contributed by atoms with E-state index in [1.807, 2.05) is 38.9 Å². The molecule has 0 atom stereocenters. The van der Waals surface area contributed by atoms with E-state index in [-0.39, 0.29) is 5.56 Å². The van der Waals surface area contributed by atoms with Crippen molar-refractivity contribution in [3.8, 4) is 11.3 Å². The predicted molar refractivity (Wildman–Crippen MR) is 140 cm³/mol. The van der Waals surface area contributed by atoms with Crippen molar-refractivity contribution in [3.63, 3.8) is 0 Å². The van der Waals surface area contributed by atoms with Crippen molar-refractivity contribution in [1.82, 2.24) is 24.3 Å². The molecule has 2 N–H and O–H groups in total. The van der Waals surface area contributed by atoms with Crippen LogP contribution < -0.4 is 10.6 Å². The molecule has 3 aromatic heterocycles. The molecule has 1 aromatic carbocycles. The van der Waals surface area contributed by atoms with Crippen molar-refractivity contribution in [2.75, 3.05) is 50.3 Å². The van der Waals surface area contributed by atoms with Crippen LogP contribution in [0.4, 0.5) is 10.1 Å². The number of aromatic nitrogens is 5. The van der Waals surface area contributed by atoms with Crippen molar-refractivity contribution < 1.29 is 18.7 Å². The predicted octanol–water partition coefficient (Wildman–Crippen LogP) is 2.73. The van der Waals surface area contributed by atoms with Gasteiger partial charge in [0.15, 0.2) is 0 Å². The molecule has 0 aliphatic carbocycles. The second kappa shape index (κ2) is 10.5. The zero-order valence-corrected chi connectivity index (χ0v) is 21.4. The van der Waals surface area contributed by atoms with Gasteiger partial charge >= 0.3 is 5.97 Å². The van der Waals surface area contributed by atoms with E-state index >= 15 is 0 Å². The number of fused-ring (bicyclic) bond motifs is 1. The molecule has 12 heteroatoms. The van der Waals surface area contributed by atoms with Gasteiger partial charge in [-0.1, -0.05) is 0 Å². The molecule has 1 fully saturated rings. The number of hydrogen-bond acceptors (Lipinski definition) is 9. The zero-order chi connectivity index (χ0) is 26.0. The molecule has 0 bridgehead atoms. The number of carbonyl (C=O) groups is 1. The molecular formula is C25H28FN7O3S. The lowest BCUT2D eigenvalue weighted by atomic mass is 9.89. The smallest absolute Gasteiger partial charge is 0.340 e. The maximum atomic E-state index is 14.4. The van der Waals surface area contributed by atoms with Crippen molar-refractivity contribution >= 4 is 34.5 Å². The molecule has 194 valence electrons. The molecule has 37 heavy (non-hydrogen) atoms. The summed E-state index contributed by atoms with van der Waals surface area (Å²) >= 11 is 1.74. The molecule has 0 unspecified atom stereocenters. The Morgan fingerprint density at radius 1 is 1.27 bits per heavy atom. The summed E-state index contributed by atoms with van der Waals surface area (Å²) in [7, 11) is 1.23. The summed E-state index contributed by atoms with van der Waals surface area (Å²) in [5, 5.41) is 5.53. The van der Waals surface area contributed by atoms with Crippen molar-refractivity contribution in [1.29, 1.82) is 0 Å². The molecule has 4 heterocycles. The van der Waals surface area contributed by atoms with Crippen LogP contribution in [0.25, 0.3) is 22.3 Å². The van der Waals surface area contributed by atoms with Crippen LogP contribution >= 0.6 is 11.8 Å². The number of nitrogens with zero attached hydrogens (tertiary/aromatic N) is 6. The first kappa shape index (κ1) is 25.2. The Kier molecular flexibility index (Phi) is 7.13. The number of carbonyl (C=O) groups excluding carboxylic acids is 1. The van der Waals surface area contributed by atoms with E-state index in [1.54, 1.807) is 30.4 Å². The number of rotatable bonds is 10. The first-order valence-corrected chi connectivity index (χ1v) is 13.1. The largest absolute Gasteiger partial charge is 0.465 e. The van der Waals surface area contributed by atoms with Gasteiger partial charge in [-0.15, -0.1) is 0 Å². The quantitative estimate of drug-likeness (QED) is 0.247. The molecule has 0 amide bonds. The maximum Gasteiger partial charge on any atom is 0.340 e. The fourth-order valence-corrected chi connectivity index (χ4v) is 4.82. The number of anilines is 1. The molecule has 5 rings (SSSR count). The van der Waals surface area contributed by atoms with E-state index in [2.05, 4.69) is 19.8 Å². The average Bonchev–Trinajstić information content (AvgIpc) is 3.54. The van der Waals surface area contributed by atoms with Crippen LogP contribution in [0, 0.1) is 5.82 Å². The van der Waals surface area contributed by atoms with Gasteiger partial charge in [0.05, 0.1) is 31.2 Å². The van der Waals surface area contributed by atoms with E-state index in [1.165, 1.54) is 19.2 Å². The lowest BCUT2D eigenvalue weighted by Crippen LogP contribution is -2.66. The number of hydrogen-bond donors (Lipinski definition) is 1. The van der Waals surface area contributed by atoms with Crippen LogP contribution in [0.2, 0.25) is 0 Å². The van der Waals surface area contributed by atoms with Crippen LogP contribution in [0.5, 0.6) is 0 Å². The maximum absolute atomic E-state index is 14.4. The Morgan fingerprint density at radius 2 is 2.11 bits per heavy atom. The van der Waals surface area contributed by atoms with Crippen LogP contribution in [-0.4, -0.2) is 75.6 Å². The van der Waals surface area contributed by atoms with Gasteiger partial charge in [0.2, 0.25) is 0 Å². The lowest BCUT2D eigenvalue weighted by Gasteiger charge is -2.50. The number of halogens is 1. The Hall–Kier alpha value is -3.48. The highest BCUT2D eigenvalue weighted by Crippen LogP contribution is 2.35. The van der Waals surface area contributed by atoms with Gasteiger partial charge in [-0.3, -0.25) is 4.68 Å². The Bertz CT molecular complexity index is 1420. The Balaban J connectivity index is 1.34. The molecule has 0 saturated carbocycles. The van der Waals surface area contributed by atoms with E-state index in [9.17, 15) is 9.18 Å². The zero-order valence-electron chi connectivity index (χ0n) is 20.6. The lowest BCUT2D eigenvalue weighted by molar-refractivity contribution is 0.0595. The normalized spacial score (nSPS) is 14.6. The van der Waals surface area contributed by atoms with Gasteiger partial charge < -0.3 is 24.7 Å². The van der Waals surface area contributed by atoms with Gasteiger partial charge in [0.1, 0.15) is 30.1 Å². The molecule has 1 aliphatic heterocycles. The van der Waals surface area contributed by atoms with Gasteiger partial charge in [0.25, 0.3) is 0 Å². The third kappa shape index (κ3) is 4.67. The third-order valence-corrected chi connectivity index (χ3v) is 7.21. The minimum atomic E-state index is -0.703. The first-order valence-electron chi connectivity index (χ1n) is 11.7. The molecule has 10 nitrogen and oxygen atoms in total. The summed E-state index contributed by atoms with van der Waals surface area (Å²) in [4.78, 5) is 22.7. The highest BCUT2D eigenvalue weighted by atomic mass is 32.2. The van der Waals surface area contributed by atoms with E-state index in [4.69, 9.17) is 10.5 Å². The monoisotopic (exact) mass is 525 g/mol. The summed E-state index contributed by atoms with van der Waals surface area (Å²) in [5.41, 5.74) is 8.75. The highest BCUT2D eigenvalue weighted by Gasteiger charge is 2.45. The van der Waals surface area contributed by atoms with Crippen molar-refractivity contribution in [2.45, 2.75) is 12.3 Å². The molecular weight excluding hydrogens is 497 g/mol. The summed E-state index contributed by atoms with van der Waals surface area (Å²) < 4.78 is 28.6. The van der Waals surface area contributed by atoms with Gasteiger partial charge in [-0.25, -0.2) is 19.2 Å². The number of esters is 1. The second-order valence-electron chi connectivity index (χ2n) is 8.89. The van der Waals surface area contributed by atoms with E-state index in [0.717, 1.165) is 28.0 Å². The molecule has 1 saturated heterocycles. The van der Waals surface area contributed by atoms with Crippen LogP contribution in [0.3, 0.4) is 0 Å². The minimum absolute atomic E-state index is 0.0925. The van der Waals surface area contributed by atoms with Crippen molar-refractivity contribution in [2.24, 2.45) is 5.73 Å². The first-order chi connectivity index (χ1) is 18.0.